The quantitative estimate of drug-likeness (QED) is 0.838. The van der Waals surface area contributed by atoms with Gasteiger partial charge in [-0.2, -0.15) is 5.26 Å². The Kier molecular flexibility index (Phi) is 3.57. The highest BCUT2D eigenvalue weighted by Crippen LogP contribution is 2.34. The first-order valence-corrected chi connectivity index (χ1v) is 6.70. The van der Waals surface area contributed by atoms with Crippen LogP contribution in [0, 0.1) is 17.2 Å². The van der Waals surface area contributed by atoms with Crippen LogP contribution in [0.25, 0.3) is 0 Å². The van der Waals surface area contributed by atoms with Crippen molar-refractivity contribution in [3.8, 4) is 17.6 Å². The van der Waals surface area contributed by atoms with Crippen LogP contribution in [0.15, 0.2) is 18.2 Å². The molecule has 2 heterocycles. The topological polar surface area (TPSA) is 68.6 Å². The second-order valence-electron chi connectivity index (χ2n) is 4.93. The van der Waals surface area contributed by atoms with Gasteiger partial charge in [-0.3, -0.25) is 4.79 Å². The second kappa shape index (κ2) is 5.51. The van der Waals surface area contributed by atoms with Crippen molar-refractivity contribution >= 4 is 5.78 Å². The van der Waals surface area contributed by atoms with Gasteiger partial charge in [0.2, 0.25) is 0 Å². The van der Waals surface area contributed by atoms with E-state index in [2.05, 4.69) is 6.07 Å². The van der Waals surface area contributed by atoms with Crippen LogP contribution in [0.5, 0.6) is 11.5 Å². The van der Waals surface area contributed by atoms with Crippen LogP contribution in [-0.4, -0.2) is 32.2 Å². The van der Waals surface area contributed by atoms with E-state index >= 15 is 0 Å². The first-order chi connectivity index (χ1) is 9.79. The van der Waals surface area contributed by atoms with Gasteiger partial charge in [0.1, 0.15) is 19.1 Å². The summed E-state index contributed by atoms with van der Waals surface area (Å²) in [6.45, 7) is 2.02. The van der Waals surface area contributed by atoms with Crippen molar-refractivity contribution in [3.63, 3.8) is 0 Å². The molecule has 3 rings (SSSR count). The van der Waals surface area contributed by atoms with Crippen molar-refractivity contribution in [2.45, 2.75) is 12.3 Å². The van der Waals surface area contributed by atoms with Gasteiger partial charge < -0.3 is 14.2 Å². The molecule has 1 aromatic rings. The summed E-state index contributed by atoms with van der Waals surface area (Å²) >= 11 is 0. The van der Waals surface area contributed by atoms with Crippen molar-refractivity contribution in [1.29, 1.82) is 5.26 Å². The van der Waals surface area contributed by atoms with E-state index in [-0.39, 0.29) is 11.7 Å². The monoisotopic (exact) mass is 273 g/mol. The largest absolute Gasteiger partial charge is 0.486 e. The number of nitriles is 1. The van der Waals surface area contributed by atoms with E-state index in [1.807, 2.05) is 0 Å². The first-order valence-electron chi connectivity index (χ1n) is 6.70. The number of carbonyl (C=O) groups excluding carboxylic acids is 1. The van der Waals surface area contributed by atoms with Crippen molar-refractivity contribution in [3.05, 3.63) is 23.8 Å². The fourth-order valence-corrected chi connectivity index (χ4v) is 2.54. The Morgan fingerprint density at radius 1 is 1.25 bits per heavy atom. The predicted molar refractivity (Wildman–Crippen MR) is 69.7 cm³/mol. The Hall–Kier alpha value is -2.06. The number of carbonyl (C=O) groups is 1. The number of Topliss-reactive ketones (excluding diaryl/α,β-unsaturated/α-hetero) is 1. The highest BCUT2D eigenvalue weighted by molar-refractivity contribution is 5.90. The molecule has 0 bridgehead atoms. The zero-order valence-corrected chi connectivity index (χ0v) is 11.0. The van der Waals surface area contributed by atoms with Crippen molar-refractivity contribution < 1.29 is 19.0 Å². The number of fused-ring (bicyclic) bond motifs is 1. The number of hydrogen-bond acceptors (Lipinski definition) is 5. The number of rotatable bonds is 3. The van der Waals surface area contributed by atoms with E-state index in [1.165, 1.54) is 0 Å². The molecule has 2 aliphatic rings. The molecule has 1 aromatic carbocycles. The molecule has 0 N–H and O–H groups in total. The third-order valence-electron chi connectivity index (χ3n) is 3.65. The third kappa shape index (κ3) is 2.35. The summed E-state index contributed by atoms with van der Waals surface area (Å²) in [4.78, 5) is 12.4. The summed E-state index contributed by atoms with van der Waals surface area (Å²) < 4.78 is 16.2. The van der Waals surface area contributed by atoms with Crippen LogP contribution in [-0.2, 0) is 9.53 Å². The molecular formula is C15H15NO4. The molecular weight excluding hydrogens is 258 g/mol. The standard InChI is InChI=1S/C15H15NO4/c16-8-12(15(17)11-3-4-18-9-11)10-1-2-13-14(7-10)20-6-5-19-13/h1-2,7,11-12H,3-6,9H2. The van der Waals surface area contributed by atoms with E-state index < -0.39 is 5.92 Å². The molecule has 5 heteroatoms. The van der Waals surface area contributed by atoms with Gasteiger partial charge in [0.25, 0.3) is 0 Å². The summed E-state index contributed by atoms with van der Waals surface area (Å²) in [7, 11) is 0. The molecule has 5 nitrogen and oxygen atoms in total. The van der Waals surface area contributed by atoms with Gasteiger partial charge >= 0.3 is 0 Å². The Labute approximate surface area is 117 Å². The van der Waals surface area contributed by atoms with Gasteiger partial charge in [-0.05, 0) is 24.1 Å². The predicted octanol–water partition coefficient (Wildman–Crippen LogP) is 1.67. The molecule has 2 unspecified atom stereocenters. The fraction of sp³-hybridized carbons (Fsp3) is 0.467. The minimum atomic E-state index is -0.766. The highest BCUT2D eigenvalue weighted by Gasteiger charge is 2.31. The van der Waals surface area contributed by atoms with E-state index in [0.29, 0.717) is 49.9 Å². The number of hydrogen-bond donors (Lipinski definition) is 0. The Bertz CT molecular complexity index is 557. The van der Waals surface area contributed by atoms with Gasteiger partial charge in [0, 0.05) is 12.5 Å². The maximum absolute atomic E-state index is 12.4. The summed E-state index contributed by atoms with van der Waals surface area (Å²) in [5.74, 6) is 0.255. The molecule has 1 fully saturated rings. The average molecular weight is 273 g/mol. The van der Waals surface area contributed by atoms with E-state index in [9.17, 15) is 10.1 Å². The SMILES string of the molecule is N#CC(C(=O)C1CCOC1)c1ccc2c(c1)OCCO2. The zero-order chi connectivity index (χ0) is 13.9. The van der Waals surface area contributed by atoms with Crippen LogP contribution >= 0.6 is 0 Å². The van der Waals surface area contributed by atoms with Crippen LogP contribution in [0.2, 0.25) is 0 Å². The van der Waals surface area contributed by atoms with Crippen LogP contribution < -0.4 is 9.47 Å². The zero-order valence-electron chi connectivity index (χ0n) is 11.0. The van der Waals surface area contributed by atoms with Crippen molar-refractivity contribution in [2.24, 2.45) is 5.92 Å². The number of nitrogens with zero attached hydrogens (tertiary/aromatic N) is 1. The van der Waals surface area contributed by atoms with Gasteiger partial charge in [-0.1, -0.05) is 6.07 Å². The second-order valence-corrected chi connectivity index (χ2v) is 4.93. The first kappa shape index (κ1) is 12.9. The molecule has 20 heavy (non-hydrogen) atoms. The molecule has 0 saturated carbocycles. The summed E-state index contributed by atoms with van der Waals surface area (Å²) in [5, 5.41) is 9.33. The molecule has 0 aromatic heterocycles. The normalized spacial score (nSPS) is 22.1. The Morgan fingerprint density at radius 2 is 2.05 bits per heavy atom. The fourth-order valence-electron chi connectivity index (χ4n) is 2.54. The molecule has 104 valence electrons. The van der Waals surface area contributed by atoms with Crippen molar-refractivity contribution in [1.82, 2.24) is 0 Å². The molecule has 2 aliphatic heterocycles. The molecule has 0 spiro atoms. The number of benzene rings is 1. The minimum absolute atomic E-state index is 0.0679. The molecule has 0 aliphatic carbocycles. The van der Waals surface area contributed by atoms with Crippen molar-refractivity contribution in [2.75, 3.05) is 26.4 Å². The highest BCUT2D eigenvalue weighted by atomic mass is 16.6. The molecule has 1 saturated heterocycles. The molecule has 2 atom stereocenters. The smallest absolute Gasteiger partial charge is 0.161 e. The van der Waals surface area contributed by atoms with E-state index in [0.717, 1.165) is 0 Å². The van der Waals surface area contributed by atoms with Gasteiger partial charge in [0.15, 0.2) is 17.3 Å². The summed E-state index contributed by atoms with van der Waals surface area (Å²) in [6.07, 6.45) is 0.696. The summed E-state index contributed by atoms with van der Waals surface area (Å²) in [6, 6.07) is 7.35. The van der Waals surface area contributed by atoms with Gasteiger partial charge in [-0.25, -0.2) is 0 Å². The number of ether oxygens (including phenoxy) is 3. The lowest BCUT2D eigenvalue weighted by atomic mass is 9.88. The van der Waals surface area contributed by atoms with Gasteiger partial charge in [0.05, 0.1) is 12.7 Å². The minimum Gasteiger partial charge on any atom is -0.486 e. The molecule has 0 radical (unpaired) electrons. The average Bonchev–Trinajstić information content (AvgIpc) is 3.02. The molecule has 0 amide bonds. The lowest BCUT2D eigenvalue weighted by Gasteiger charge is -2.20. The van der Waals surface area contributed by atoms with E-state index in [1.54, 1.807) is 18.2 Å². The number of ketones is 1. The summed E-state index contributed by atoms with van der Waals surface area (Å²) in [5.41, 5.74) is 0.661. The van der Waals surface area contributed by atoms with Gasteiger partial charge in [-0.15, -0.1) is 0 Å². The van der Waals surface area contributed by atoms with Crippen LogP contribution in [0.4, 0.5) is 0 Å². The van der Waals surface area contributed by atoms with Crippen LogP contribution in [0.3, 0.4) is 0 Å². The lowest BCUT2D eigenvalue weighted by molar-refractivity contribution is -0.123. The lowest BCUT2D eigenvalue weighted by Crippen LogP contribution is -2.22. The van der Waals surface area contributed by atoms with Crippen LogP contribution in [0.1, 0.15) is 17.9 Å². The van der Waals surface area contributed by atoms with E-state index in [4.69, 9.17) is 14.2 Å². The maximum atomic E-state index is 12.4. The Balaban J connectivity index is 1.85. The maximum Gasteiger partial charge on any atom is 0.161 e. The third-order valence-corrected chi connectivity index (χ3v) is 3.65. The Morgan fingerprint density at radius 3 is 2.75 bits per heavy atom.